The molecule has 1 aromatic heterocycles. The van der Waals surface area contributed by atoms with E-state index in [2.05, 4.69) is 15.3 Å². The van der Waals surface area contributed by atoms with Crippen molar-refractivity contribution in [3.8, 4) is 0 Å². The van der Waals surface area contributed by atoms with E-state index in [4.69, 9.17) is 16.3 Å². The highest BCUT2D eigenvalue weighted by Gasteiger charge is 2.27. The first kappa shape index (κ1) is 20.0. The Kier molecular flexibility index (Phi) is 6.66. The number of anilines is 1. The summed E-state index contributed by atoms with van der Waals surface area (Å²) in [5.74, 6) is -0.267. The van der Waals surface area contributed by atoms with Crippen molar-refractivity contribution >= 4 is 45.0 Å². The highest BCUT2D eigenvalue weighted by molar-refractivity contribution is 7.99. The van der Waals surface area contributed by atoms with Crippen LogP contribution in [0.3, 0.4) is 0 Å². The van der Waals surface area contributed by atoms with E-state index in [1.165, 1.54) is 34.3 Å². The van der Waals surface area contributed by atoms with E-state index in [9.17, 15) is 13.2 Å². The second-order valence-electron chi connectivity index (χ2n) is 5.53. The van der Waals surface area contributed by atoms with Gasteiger partial charge in [0.1, 0.15) is 0 Å². The molecular weight excluding hydrogens is 412 g/mol. The van der Waals surface area contributed by atoms with E-state index < -0.39 is 10.0 Å². The molecule has 1 fully saturated rings. The molecule has 144 valence electrons. The number of aromatic nitrogens is 2. The van der Waals surface area contributed by atoms with Crippen LogP contribution in [0.1, 0.15) is 0 Å². The first-order valence-corrected chi connectivity index (χ1v) is 10.8. The Morgan fingerprint density at radius 1 is 1.26 bits per heavy atom. The fraction of sp³-hybridized carbons (Fsp3) is 0.312. The van der Waals surface area contributed by atoms with Gasteiger partial charge in [-0.3, -0.25) is 4.79 Å². The van der Waals surface area contributed by atoms with Crippen LogP contribution < -0.4 is 5.32 Å². The average Bonchev–Trinajstić information content (AvgIpc) is 2.69. The molecule has 1 aliphatic heterocycles. The van der Waals surface area contributed by atoms with Gasteiger partial charge in [0.15, 0.2) is 5.16 Å². The number of benzene rings is 1. The number of carbonyl (C=O) groups excluding carboxylic acids is 1. The SMILES string of the molecule is O=C(CSc1ncccn1)Nc1cc(S(=O)(=O)N2CCOCC2)ccc1Cl. The number of nitrogens with one attached hydrogen (secondary N) is 1. The molecule has 1 N–H and O–H groups in total. The van der Waals surface area contributed by atoms with E-state index in [1.54, 1.807) is 18.5 Å². The minimum absolute atomic E-state index is 0.0702. The number of halogens is 1. The third-order valence-electron chi connectivity index (χ3n) is 3.69. The number of hydrogen-bond donors (Lipinski definition) is 1. The maximum absolute atomic E-state index is 12.7. The summed E-state index contributed by atoms with van der Waals surface area (Å²) in [6, 6.07) is 5.94. The molecule has 3 rings (SSSR count). The number of thioether (sulfide) groups is 1. The van der Waals surface area contributed by atoms with Crippen LogP contribution in [0.5, 0.6) is 0 Å². The van der Waals surface area contributed by atoms with E-state index in [0.717, 1.165) is 0 Å². The van der Waals surface area contributed by atoms with Gasteiger partial charge in [0.25, 0.3) is 0 Å². The summed E-state index contributed by atoms with van der Waals surface area (Å²) >= 11 is 7.29. The smallest absolute Gasteiger partial charge is 0.243 e. The number of amides is 1. The molecule has 2 heterocycles. The summed E-state index contributed by atoms with van der Waals surface area (Å²) in [5.41, 5.74) is 0.241. The van der Waals surface area contributed by atoms with Gasteiger partial charge in [0.05, 0.1) is 34.6 Å². The van der Waals surface area contributed by atoms with Crippen LogP contribution in [0.4, 0.5) is 5.69 Å². The fourth-order valence-electron chi connectivity index (χ4n) is 2.37. The second-order valence-corrected chi connectivity index (χ2v) is 8.81. The number of morpholine rings is 1. The molecule has 2 aromatic rings. The molecule has 1 amide bonds. The van der Waals surface area contributed by atoms with E-state index in [0.29, 0.717) is 31.5 Å². The van der Waals surface area contributed by atoms with Crippen LogP contribution in [0, 0.1) is 0 Å². The fourth-order valence-corrected chi connectivity index (χ4v) is 4.58. The number of carbonyl (C=O) groups is 1. The number of nitrogens with zero attached hydrogens (tertiary/aromatic N) is 3. The largest absolute Gasteiger partial charge is 0.379 e. The molecule has 0 atom stereocenters. The van der Waals surface area contributed by atoms with Crippen LogP contribution in [-0.2, 0) is 19.6 Å². The standard InChI is InChI=1S/C16H17ClN4O4S2/c17-13-3-2-12(27(23,24)21-6-8-25-9-7-21)10-14(13)20-15(22)11-26-16-18-4-1-5-19-16/h1-5,10H,6-9,11H2,(H,20,22). The summed E-state index contributed by atoms with van der Waals surface area (Å²) in [5, 5.41) is 3.37. The Hall–Kier alpha value is -1.72. The molecule has 0 spiro atoms. The van der Waals surface area contributed by atoms with Gasteiger partial charge < -0.3 is 10.1 Å². The highest BCUT2D eigenvalue weighted by atomic mass is 35.5. The van der Waals surface area contributed by atoms with Gasteiger partial charge in [-0.2, -0.15) is 4.31 Å². The molecule has 27 heavy (non-hydrogen) atoms. The van der Waals surface area contributed by atoms with Crippen molar-refractivity contribution in [2.45, 2.75) is 10.1 Å². The summed E-state index contributed by atoms with van der Waals surface area (Å²) < 4.78 is 32.0. The van der Waals surface area contributed by atoms with Crippen molar-refractivity contribution < 1.29 is 17.9 Å². The molecule has 11 heteroatoms. The summed E-state index contributed by atoms with van der Waals surface area (Å²) in [6.07, 6.45) is 3.17. The van der Waals surface area contributed by atoms with Gasteiger partial charge in [-0.25, -0.2) is 18.4 Å². The Morgan fingerprint density at radius 2 is 1.96 bits per heavy atom. The van der Waals surface area contributed by atoms with Crippen LogP contribution in [0.15, 0.2) is 46.7 Å². The van der Waals surface area contributed by atoms with Crippen LogP contribution in [-0.4, -0.2) is 60.7 Å². The minimum Gasteiger partial charge on any atom is -0.379 e. The lowest BCUT2D eigenvalue weighted by atomic mass is 10.3. The van der Waals surface area contributed by atoms with Crippen LogP contribution in [0.2, 0.25) is 5.02 Å². The number of ether oxygens (including phenoxy) is 1. The first-order chi connectivity index (χ1) is 13.0. The lowest BCUT2D eigenvalue weighted by Gasteiger charge is -2.26. The maximum atomic E-state index is 12.7. The van der Waals surface area contributed by atoms with E-state index in [-0.39, 0.29) is 27.3 Å². The Balaban J connectivity index is 1.70. The van der Waals surface area contributed by atoms with E-state index in [1.807, 2.05) is 0 Å². The van der Waals surface area contributed by atoms with Gasteiger partial charge >= 0.3 is 0 Å². The summed E-state index contributed by atoms with van der Waals surface area (Å²) in [4.78, 5) is 20.3. The van der Waals surface area contributed by atoms with Crippen molar-refractivity contribution in [3.05, 3.63) is 41.7 Å². The average molecular weight is 429 g/mol. The molecule has 8 nitrogen and oxygen atoms in total. The van der Waals surface area contributed by atoms with Crippen molar-refractivity contribution in [1.82, 2.24) is 14.3 Å². The molecule has 0 bridgehead atoms. The molecule has 1 aliphatic rings. The number of sulfonamides is 1. The molecule has 1 saturated heterocycles. The van der Waals surface area contributed by atoms with Gasteiger partial charge in [-0.05, 0) is 24.3 Å². The maximum Gasteiger partial charge on any atom is 0.243 e. The van der Waals surface area contributed by atoms with Gasteiger partial charge in [-0.15, -0.1) is 0 Å². The van der Waals surface area contributed by atoms with Crippen LogP contribution >= 0.6 is 23.4 Å². The minimum atomic E-state index is -3.67. The van der Waals surface area contributed by atoms with E-state index >= 15 is 0 Å². The lowest BCUT2D eigenvalue weighted by Crippen LogP contribution is -2.40. The van der Waals surface area contributed by atoms with Gasteiger partial charge in [0, 0.05) is 25.5 Å². The van der Waals surface area contributed by atoms with Crippen molar-refractivity contribution in [2.75, 3.05) is 37.4 Å². The van der Waals surface area contributed by atoms with Gasteiger partial charge in [0.2, 0.25) is 15.9 Å². The number of hydrogen-bond acceptors (Lipinski definition) is 7. The first-order valence-electron chi connectivity index (χ1n) is 8.04. The molecular formula is C16H17ClN4O4S2. The van der Waals surface area contributed by atoms with Crippen molar-refractivity contribution in [3.63, 3.8) is 0 Å². The Bertz CT molecular complexity index is 906. The quantitative estimate of drug-likeness (QED) is 0.553. The van der Waals surface area contributed by atoms with Crippen molar-refractivity contribution in [1.29, 1.82) is 0 Å². The number of rotatable bonds is 6. The normalized spacial score (nSPS) is 15.4. The molecule has 0 saturated carbocycles. The summed E-state index contributed by atoms with van der Waals surface area (Å²) in [7, 11) is -3.67. The highest BCUT2D eigenvalue weighted by Crippen LogP contribution is 2.27. The zero-order chi connectivity index (χ0) is 19.3. The van der Waals surface area contributed by atoms with Crippen molar-refractivity contribution in [2.24, 2.45) is 0 Å². The van der Waals surface area contributed by atoms with Crippen LogP contribution in [0.25, 0.3) is 0 Å². The molecule has 0 aliphatic carbocycles. The zero-order valence-electron chi connectivity index (χ0n) is 14.2. The monoisotopic (exact) mass is 428 g/mol. The topological polar surface area (TPSA) is 101 Å². The molecule has 0 unspecified atom stereocenters. The Labute approximate surface area is 166 Å². The lowest BCUT2D eigenvalue weighted by molar-refractivity contribution is -0.113. The molecule has 0 radical (unpaired) electrons. The zero-order valence-corrected chi connectivity index (χ0v) is 16.6. The second kappa shape index (κ2) is 8.98. The third kappa shape index (κ3) is 5.17. The summed E-state index contributed by atoms with van der Waals surface area (Å²) in [6.45, 7) is 1.30. The molecule has 1 aromatic carbocycles. The predicted octanol–water partition coefficient (Wildman–Crippen LogP) is 1.88. The van der Waals surface area contributed by atoms with Gasteiger partial charge in [-0.1, -0.05) is 23.4 Å². The Morgan fingerprint density at radius 3 is 2.67 bits per heavy atom. The third-order valence-corrected chi connectivity index (χ3v) is 6.79. The predicted molar refractivity (Wildman–Crippen MR) is 102 cm³/mol.